The van der Waals surface area contributed by atoms with Crippen molar-refractivity contribution in [1.82, 2.24) is 14.9 Å². The van der Waals surface area contributed by atoms with Crippen molar-refractivity contribution in [3.8, 4) is 0 Å². The fraction of sp³-hybridized carbons (Fsp3) is 0.692. The molecule has 1 aromatic heterocycles. The molecule has 2 fully saturated rings. The van der Waals surface area contributed by atoms with E-state index in [0.29, 0.717) is 12.0 Å². The quantitative estimate of drug-likeness (QED) is 0.757. The predicted octanol–water partition coefficient (Wildman–Crippen LogP) is 1.84. The summed E-state index contributed by atoms with van der Waals surface area (Å²) in [6.45, 7) is 9.06. The summed E-state index contributed by atoms with van der Waals surface area (Å²) in [6.07, 6.45) is 3.86. The molecular weight excluding hydrogens is 198 g/mol. The highest BCUT2D eigenvalue weighted by atomic mass is 15.2. The molecule has 2 unspecified atom stereocenters. The molecule has 3 nitrogen and oxygen atoms in total. The molecule has 0 bridgehead atoms. The van der Waals surface area contributed by atoms with Crippen LogP contribution in [0.15, 0.2) is 12.4 Å². The van der Waals surface area contributed by atoms with E-state index in [4.69, 9.17) is 0 Å². The first kappa shape index (κ1) is 10.2. The Balaban J connectivity index is 1.68. The maximum absolute atomic E-state index is 4.51. The van der Waals surface area contributed by atoms with Crippen LogP contribution < -0.4 is 0 Å². The van der Waals surface area contributed by atoms with Crippen LogP contribution in [-0.2, 0) is 0 Å². The largest absolute Gasteiger partial charge is 0.300 e. The highest BCUT2D eigenvalue weighted by molar-refractivity contribution is 5.23. The van der Waals surface area contributed by atoms with E-state index in [1.54, 1.807) is 0 Å². The summed E-state index contributed by atoms with van der Waals surface area (Å²) < 4.78 is 0. The summed E-state index contributed by atoms with van der Waals surface area (Å²) in [5, 5.41) is 0. The molecule has 2 atom stereocenters. The second-order valence-corrected chi connectivity index (χ2v) is 5.48. The molecular formula is C13H19N3. The SMILES string of the molecule is Cc1cnc(C2C3CN(C(C)C)CC32)cn1. The van der Waals surface area contributed by atoms with Crippen molar-refractivity contribution >= 4 is 0 Å². The molecule has 2 aliphatic rings. The van der Waals surface area contributed by atoms with E-state index in [2.05, 4.69) is 28.7 Å². The van der Waals surface area contributed by atoms with Gasteiger partial charge in [-0.1, -0.05) is 0 Å². The minimum absolute atomic E-state index is 0.692. The standard InChI is InChI=1S/C13H19N3/c1-8(2)16-6-10-11(7-16)13(10)12-5-14-9(3)4-15-12/h4-5,8,10-11,13H,6-7H2,1-3H3. The highest BCUT2D eigenvalue weighted by Crippen LogP contribution is 2.57. The van der Waals surface area contributed by atoms with Crippen LogP contribution >= 0.6 is 0 Å². The summed E-state index contributed by atoms with van der Waals surface area (Å²) in [5.74, 6) is 2.39. The lowest BCUT2D eigenvalue weighted by molar-refractivity contribution is 0.242. The van der Waals surface area contributed by atoms with E-state index in [1.165, 1.54) is 18.8 Å². The van der Waals surface area contributed by atoms with Crippen LogP contribution in [0.1, 0.15) is 31.2 Å². The van der Waals surface area contributed by atoms with E-state index in [9.17, 15) is 0 Å². The Hall–Kier alpha value is -0.960. The zero-order chi connectivity index (χ0) is 11.3. The molecule has 1 aromatic rings. The molecule has 0 N–H and O–H groups in total. The Bertz CT molecular complexity index is 373. The lowest BCUT2D eigenvalue weighted by Crippen LogP contribution is -2.31. The Morgan fingerprint density at radius 2 is 1.88 bits per heavy atom. The Kier molecular flexibility index (Phi) is 2.25. The second-order valence-electron chi connectivity index (χ2n) is 5.48. The van der Waals surface area contributed by atoms with E-state index in [-0.39, 0.29) is 0 Å². The van der Waals surface area contributed by atoms with E-state index in [0.717, 1.165) is 17.5 Å². The number of aryl methyl sites for hydroxylation is 1. The van der Waals surface area contributed by atoms with Crippen molar-refractivity contribution in [2.75, 3.05) is 13.1 Å². The number of hydrogen-bond donors (Lipinski definition) is 0. The molecule has 0 aromatic carbocycles. The summed E-state index contributed by atoms with van der Waals surface area (Å²) in [6, 6.07) is 0.692. The first-order chi connectivity index (χ1) is 7.66. The van der Waals surface area contributed by atoms with Gasteiger partial charge in [-0.25, -0.2) is 0 Å². The third-order valence-electron chi connectivity index (χ3n) is 4.09. The molecule has 3 rings (SSSR count). The van der Waals surface area contributed by atoms with Gasteiger partial charge in [0.05, 0.1) is 11.4 Å². The summed E-state index contributed by atoms with van der Waals surface area (Å²) >= 11 is 0. The van der Waals surface area contributed by atoms with Gasteiger partial charge < -0.3 is 4.90 Å². The number of nitrogens with zero attached hydrogens (tertiary/aromatic N) is 3. The molecule has 16 heavy (non-hydrogen) atoms. The van der Waals surface area contributed by atoms with Crippen LogP contribution in [0, 0.1) is 18.8 Å². The normalized spacial score (nSPS) is 33.1. The van der Waals surface area contributed by atoms with Crippen molar-refractivity contribution in [2.24, 2.45) is 11.8 Å². The molecule has 2 heterocycles. The van der Waals surface area contributed by atoms with Crippen molar-refractivity contribution in [3.05, 3.63) is 23.8 Å². The number of fused-ring (bicyclic) bond motifs is 1. The summed E-state index contributed by atoms with van der Waals surface area (Å²) in [5.41, 5.74) is 2.22. The number of likely N-dealkylation sites (tertiary alicyclic amines) is 1. The lowest BCUT2D eigenvalue weighted by atomic mass is 10.2. The van der Waals surface area contributed by atoms with Crippen LogP contribution in [0.3, 0.4) is 0 Å². The number of aromatic nitrogens is 2. The number of hydrogen-bond acceptors (Lipinski definition) is 3. The Morgan fingerprint density at radius 1 is 1.19 bits per heavy atom. The zero-order valence-corrected chi connectivity index (χ0v) is 10.2. The molecule has 1 saturated heterocycles. The average Bonchev–Trinajstić information content (AvgIpc) is 2.75. The lowest BCUT2D eigenvalue weighted by Gasteiger charge is -2.23. The fourth-order valence-electron chi connectivity index (χ4n) is 2.99. The van der Waals surface area contributed by atoms with E-state index in [1.807, 2.05) is 19.3 Å². The topological polar surface area (TPSA) is 29.0 Å². The minimum Gasteiger partial charge on any atom is -0.300 e. The summed E-state index contributed by atoms with van der Waals surface area (Å²) in [7, 11) is 0. The average molecular weight is 217 g/mol. The van der Waals surface area contributed by atoms with Crippen LogP contribution in [0.2, 0.25) is 0 Å². The smallest absolute Gasteiger partial charge is 0.0624 e. The predicted molar refractivity (Wildman–Crippen MR) is 63.2 cm³/mol. The molecule has 0 radical (unpaired) electrons. The van der Waals surface area contributed by atoms with Gasteiger partial charge in [-0.2, -0.15) is 0 Å². The zero-order valence-electron chi connectivity index (χ0n) is 10.2. The van der Waals surface area contributed by atoms with Gasteiger partial charge in [-0.3, -0.25) is 9.97 Å². The molecule has 1 aliphatic carbocycles. The molecule has 1 saturated carbocycles. The van der Waals surface area contributed by atoms with Crippen LogP contribution in [0.25, 0.3) is 0 Å². The van der Waals surface area contributed by atoms with Gasteiger partial charge in [0.15, 0.2) is 0 Å². The first-order valence-electron chi connectivity index (χ1n) is 6.19. The monoisotopic (exact) mass is 217 g/mol. The van der Waals surface area contributed by atoms with Gasteiger partial charge in [0.25, 0.3) is 0 Å². The van der Waals surface area contributed by atoms with Gasteiger partial charge >= 0.3 is 0 Å². The van der Waals surface area contributed by atoms with Crippen molar-refractivity contribution in [2.45, 2.75) is 32.7 Å². The van der Waals surface area contributed by atoms with Gasteiger partial charge in [0.1, 0.15) is 0 Å². The molecule has 0 amide bonds. The van der Waals surface area contributed by atoms with Crippen LogP contribution in [0.4, 0.5) is 0 Å². The van der Waals surface area contributed by atoms with Gasteiger partial charge in [0.2, 0.25) is 0 Å². The van der Waals surface area contributed by atoms with E-state index >= 15 is 0 Å². The summed E-state index contributed by atoms with van der Waals surface area (Å²) in [4.78, 5) is 11.4. The van der Waals surface area contributed by atoms with Crippen LogP contribution in [-0.4, -0.2) is 34.0 Å². The molecule has 1 aliphatic heterocycles. The molecule has 0 spiro atoms. The number of piperidine rings is 1. The maximum Gasteiger partial charge on any atom is 0.0624 e. The highest BCUT2D eigenvalue weighted by Gasteiger charge is 2.57. The van der Waals surface area contributed by atoms with Crippen molar-refractivity contribution in [3.63, 3.8) is 0 Å². The fourth-order valence-corrected chi connectivity index (χ4v) is 2.99. The van der Waals surface area contributed by atoms with Gasteiger partial charge in [-0.15, -0.1) is 0 Å². The third kappa shape index (κ3) is 1.54. The van der Waals surface area contributed by atoms with E-state index < -0.39 is 0 Å². The maximum atomic E-state index is 4.51. The second kappa shape index (κ2) is 3.52. The first-order valence-corrected chi connectivity index (χ1v) is 6.19. The minimum atomic E-state index is 0.692. The van der Waals surface area contributed by atoms with Crippen molar-refractivity contribution < 1.29 is 0 Å². The third-order valence-corrected chi connectivity index (χ3v) is 4.09. The number of rotatable bonds is 2. The van der Waals surface area contributed by atoms with Gasteiger partial charge in [0, 0.05) is 37.4 Å². The van der Waals surface area contributed by atoms with Gasteiger partial charge in [-0.05, 0) is 32.6 Å². The Morgan fingerprint density at radius 3 is 2.38 bits per heavy atom. The Labute approximate surface area is 96.9 Å². The molecule has 3 heteroatoms. The van der Waals surface area contributed by atoms with Crippen molar-refractivity contribution in [1.29, 1.82) is 0 Å². The molecule has 86 valence electrons. The van der Waals surface area contributed by atoms with Crippen LogP contribution in [0.5, 0.6) is 0 Å².